The van der Waals surface area contributed by atoms with Crippen molar-refractivity contribution in [3.05, 3.63) is 54.6 Å². The first-order valence-corrected chi connectivity index (χ1v) is 18.4. The van der Waals surface area contributed by atoms with Crippen molar-refractivity contribution in [3.63, 3.8) is 0 Å². The van der Waals surface area contributed by atoms with Crippen LogP contribution in [0, 0.1) is 5.92 Å². The lowest BCUT2D eigenvalue weighted by Gasteiger charge is -2.29. The molecule has 0 N–H and O–H groups in total. The minimum absolute atomic E-state index is 0.574. The van der Waals surface area contributed by atoms with Crippen LogP contribution in [-0.2, 0) is 6.42 Å². The van der Waals surface area contributed by atoms with Crippen LogP contribution in [0.1, 0.15) is 186 Å². The molecule has 2 atom stereocenters. The quantitative estimate of drug-likeness (QED) is 0.0898. The van der Waals surface area contributed by atoms with Crippen LogP contribution >= 0.6 is 0 Å². The fraction of sp³-hybridized carbons (Fsp3) is 0.769. The van der Waals surface area contributed by atoms with Gasteiger partial charge in [-0.15, -0.1) is 0 Å². The van der Waals surface area contributed by atoms with Crippen molar-refractivity contribution >= 4 is 0 Å². The summed E-state index contributed by atoms with van der Waals surface area (Å²) < 4.78 is 2.44. The Morgan fingerprint density at radius 3 is 1.41 bits per heavy atom. The molecule has 0 radical (unpaired) electrons. The Morgan fingerprint density at radius 1 is 0.537 bits per heavy atom. The first-order chi connectivity index (χ1) is 20.3. The van der Waals surface area contributed by atoms with Crippen LogP contribution in [0.25, 0.3) is 0 Å². The van der Waals surface area contributed by atoms with Gasteiger partial charge >= 0.3 is 0 Å². The maximum atomic E-state index is 4.46. The first-order valence-electron chi connectivity index (χ1n) is 18.4. The lowest BCUT2D eigenvalue weighted by Crippen LogP contribution is -2.21. The van der Waals surface area contributed by atoms with Gasteiger partial charge in [0.15, 0.2) is 0 Å². The zero-order valence-corrected chi connectivity index (χ0v) is 27.6. The topological polar surface area (TPSA) is 17.8 Å². The van der Waals surface area contributed by atoms with Crippen LogP contribution in [-0.4, -0.2) is 9.55 Å². The SMILES string of the molecule is CCCCCCCCCCCCCCCCCC(Cc1ccccc1)C(CCCCCCCCCC)n1ccnc1. The second-order valence-electron chi connectivity index (χ2n) is 13.0. The molecule has 1 aromatic carbocycles. The molecular formula is C39H68N2. The Balaban J connectivity index is 1.69. The standard InChI is InChI=1S/C39H68N2/c1-3-5-7-9-11-13-14-15-16-17-18-19-20-22-27-31-38(35-37-29-25-24-26-30-37)39(41-34-33-40-36-41)32-28-23-21-12-10-8-6-4-2/h24-26,29-30,33-34,36,38-39H,3-23,27-28,31-32,35H2,1-2H3. The summed E-state index contributed by atoms with van der Waals surface area (Å²) in [7, 11) is 0. The number of aromatic nitrogens is 2. The summed E-state index contributed by atoms with van der Waals surface area (Å²) in [5, 5.41) is 0. The van der Waals surface area contributed by atoms with Crippen LogP contribution in [0.5, 0.6) is 0 Å². The van der Waals surface area contributed by atoms with Crippen molar-refractivity contribution in [1.29, 1.82) is 0 Å². The van der Waals surface area contributed by atoms with E-state index in [1.165, 1.54) is 173 Å². The van der Waals surface area contributed by atoms with Gasteiger partial charge in [-0.1, -0.05) is 192 Å². The van der Waals surface area contributed by atoms with E-state index in [2.05, 4.69) is 66.3 Å². The molecular weight excluding hydrogens is 496 g/mol. The highest BCUT2D eigenvalue weighted by Gasteiger charge is 2.23. The third-order valence-electron chi connectivity index (χ3n) is 9.32. The summed E-state index contributed by atoms with van der Waals surface area (Å²) in [6.07, 6.45) is 42.8. The van der Waals surface area contributed by atoms with E-state index >= 15 is 0 Å². The fourth-order valence-corrected chi connectivity index (χ4v) is 6.71. The molecule has 0 aliphatic carbocycles. The van der Waals surface area contributed by atoms with Crippen LogP contribution in [0.15, 0.2) is 49.1 Å². The van der Waals surface area contributed by atoms with Gasteiger partial charge in [0.05, 0.1) is 6.33 Å². The molecule has 0 bridgehead atoms. The lowest BCUT2D eigenvalue weighted by atomic mass is 9.84. The van der Waals surface area contributed by atoms with Gasteiger partial charge in [0.2, 0.25) is 0 Å². The summed E-state index contributed by atoms with van der Waals surface area (Å²) >= 11 is 0. The van der Waals surface area contributed by atoms with E-state index in [1.54, 1.807) is 0 Å². The van der Waals surface area contributed by atoms with Crippen LogP contribution < -0.4 is 0 Å². The van der Waals surface area contributed by atoms with Gasteiger partial charge in [0.1, 0.15) is 0 Å². The Morgan fingerprint density at radius 2 is 0.976 bits per heavy atom. The third kappa shape index (κ3) is 18.6. The number of rotatable bonds is 29. The summed E-state index contributed by atoms with van der Waals surface area (Å²) in [5.41, 5.74) is 1.50. The Hall–Kier alpha value is -1.57. The minimum atomic E-state index is 0.574. The van der Waals surface area contributed by atoms with Crippen LogP contribution in [0.3, 0.4) is 0 Å². The molecule has 1 aromatic heterocycles. The predicted molar refractivity (Wildman–Crippen MR) is 182 cm³/mol. The van der Waals surface area contributed by atoms with Crippen molar-refractivity contribution in [2.75, 3.05) is 0 Å². The molecule has 2 heteroatoms. The van der Waals surface area contributed by atoms with Crippen LogP contribution in [0.4, 0.5) is 0 Å². The van der Waals surface area contributed by atoms with Gasteiger partial charge in [0.25, 0.3) is 0 Å². The number of unbranched alkanes of at least 4 members (excludes halogenated alkanes) is 21. The molecule has 2 aromatic rings. The number of benzene rings is 1. The molecule has 0 amide bonds. The molecule has 0 saturated heterocycles. The maximum absolute atomic E-state index is 4.46. The van der Waals surface area contributed by atoms with Gasteiger partial charge in [-0.2, -0.15) is 0 Å². The van der Waals surface area contributed by atoms with Gasteiger partial charge in [-0.25, -0.2) is 4.98 Å². The molecule has 2 unspecified atom stereocenters. The molecule has 2 rings (SSSR count). The van der Waals surface area contributed by atoms with Crippen molar-refractivity contribution in [1.82, 2.24) is 9.55 Å². The van der Waals surface area contributed by atoms with Crippen molar-refractivity contribution in [3.8, 4) is 0 Å². The molecule has 0 fully saturated rings. The summed E-state index contributed by atoms with van der Waals surface area (Å²) in [6, 6.07) is 11.8. The summed E-state index contributed by atoms with van der Waals surface area (Å²) in [5.74, 6) is 0.693. The van der Waals surface area contributed by atoms with E-state index in [9.17, 15) is 0 Å². The molecule has 234 valence electrons. The maximum Gasteiger partial charge on any atom is 0.0948 e. The Labute approximate surface area is 256 Å². The number of hydrogen-bond acceptors (Lipinski definition) is 1. The number of hydrogen-bond donors (Lipinski definition) is 0. The zero-order chi connectivity index (χ0) is 29.1. The third-order valence-corrected chi connectivity index (χ3v) is 9.32. The lowest BCUT2D eigenvalue weighted by molar-refractivity contribution is 0.275. The van der Waals surface area contributed by atoms with Gasteiger partial charge in [-0.05, 0) is 30.7 Å². The Bertz CT molecular complexity index is 768. The van der Waals surface area contributed by atoms with E-state index in [-0.39, 0.29) is 0 Å². The summed E-state index contributed by atoms with van der Waals surface area (Å²) in [6.45, 7) is 4.61. The van der Waals surface area contributed by atoms with Gasteiger partial charge in [0, 0.05) is 18.4 Å². The molecule has 0 aliphatic rings. The normalized spacial score (nSPS) is 13.0. The van der Waals surface area contributed by atoms with E-state index in [4.69, 9.17) is 0 Å². The highest BCUT2D eigenvalue weighted by molar-refractivity contribution is 5.15. The highest BCUT2D eigenvalue weighted by Crippen LogP contribution is 2.32. The molecule has 0 spiro atoms. The molecule has 1 heterocycles. The number of nitrogens with zero attached hydrogens (tertiary/aromatic N) is 2. The fourth-order valence-electron chi connectivity index (χ4n) is 6.71. The molecule has 0 saturated carbocycles. The van der Waals surface area contributed by atoms with Crippen LogP contribution in [0.2, 0.25) is 0 Å². The monoisotopic (exact) mass is 565 g/mol. The first kappa shape index (κ1) is 35.6. The number of imidazole rings is 1. The predicted octanol–water partition coefficient (Wildman–Crippen LogP) is 13.1. The van der Waals surface area contributed by atoms with Gasteiger partial charge in [-0.3, -0.25) is 0 Å². The minimum Gasteiger partial charge on any atom is -0.334 e. The van der Waals surface area contributed by atoms with E-state index in [1.807, 2.05) is 6.20 Å². The summed E-state index contributed by atoms with van der Waals surface area (Å²) in [4.78, 5) is 4.46. The van der Waals surface area contributed by atoms with Crippen molar-refractivity contribution < 1.29 is 0 Å². The van der Waals surface area contributed by atoms with Crippen molar-refractivity contribution in [2.45, 2.75) is 187 Å². The average molecular weight is 565 g/mol. The Kier molecular flexibility index (Phi) is 22.7. The van der Waals surface area contributed by atoms with E-state index in [0.717, 1.165) is 0 Å². The zero-order valence-electron chi connectivity index (χ0n) is 27.6. The molecule has 0 aliphatic heterocycles. The van der Waals surface area contributed by atoms with E-state index < -0.39 is 0 Å². The highest BCUT2D eigenvalue weighted by atomic mass is 15.1. The largest absolute Gasteiger partial charge is 0.334 e. The van der Waals surface area contributed by atoms with E-state index in [0.29, 0.717) is 12.0 Å². The second-order valence-corrected chi connectivity index (χ2v) is 13.0. The van der Waals surface area contributed by atoms with Crippen molar-refractivity contribution in [2.24, 2.45) is 5.92 Å². The second kappa shape index (κ2) is 26.1. The average Bonchev–Trinajstić information content (AvgIpc) is 3.53. The smallest absolute Gasteiger partial charge is 0.0948 e. The molecule has 2 nitrogen and oxygen atoms in total. The molecule has 41 heavy (non-hydrogen) atoms. The van der Waals surface area contributed by atoms with Gasteiger partial charge < -0.3 is 4.57 Å².